The number of ether oxygens (including phenoxy) is 1. The van der Waals surface area contributed by atoms with Gasteiger partial charge in [0.2, 0.25) is 0 Å². The number of anilines is 2. The first-order valence-corrected chi connectivity index (χ1v) is 11.9. The van der Waals surface area contributed by atoms with Gasteiger partial charge in [0.25, 0.3) is 0 Å². The van der Waals surface area contributed by atoms with E-state index in [-0.39, 0.29) is 6.04 Å². The van der Waals surface area contributed by atoms with Gasteiger partial charge in [-0.05, 0) is 68.1 Å². The summed E-state index contributed by atoms with van der Waals surface area (Å²) in [5.41, 5.74) is 4.34. The minimum absolute atomic E-state index is 0.0471. The monoisotopic (exact) mass is 450 g/mol. The molecule has 2 aromatic carbocycles. The van der Waals surface area contributed by atoms with E-state index < -0.39 is 11.8 Å². The van der Waals surface area contributed by atoms with Crippen LogP contribution in [-0.4, -0.2) is 57.1 Å². The average Bonchev–Trinajstić information content (AvgIpc) is 2.85. The molecule has 0 saturated carbocycles. The fourth-order valence-electron chi connectivity index (χ4n) is 4.90. The van der Waals surface area contributed by atoms with Crippen LogP contribution in [-0.2, 0) is 16.0 Å². The fraction of sp³-hybridized carbons (Fsp3) is 0.462. The molecule has 2 aromatic rings. The number of hydrogen-bond donors (Lipinski definition) is 2. The standard InChI is InChI=1S/C26H34N4O3/c1-29-14-8-9-19-17-20(12-13-22(19)29)23(30-15-6-3-7-16-30)18-27-25(31)26(32)28-21-10-4-5-11-24(21)33-2/h4-5,10-13,17,23H,3,6-9,14-16,18H2,1-2H3,(H,27,31)(H,28,32). The quantitative estimate of drug-likeness (QED) is 0.661. The number of nitrogens with one attached hydrogen (secondary N) is 2. The summed E-state index contributed by atoms with van der Waals surface area (Å²) in [6, 6.07) is 13.8. The zero-order valence-corrected chi connectivity index (χ0v) is 19.6. The molecule has 2 heterocycles. The number of nitrogens with zero attached hydrogens (tertiary/aromatic N) is 2. The van der Waals surface area contributed by atoms with Crippen molar-refractivity contribution in [2.45, 2.75) is 38.1 Å². The van der Waals surface area contributed by atoms with Gasteiger partial charge in [-0.2, -0.15) is 0 Å². The number of hydrogen-bond acceptors (Lipinski definition) is 5. The van der Waals surface area contributed by atoms with Gasteiger partial charge in [0.05, 0.1) is 18.8 Å². The summed E-state index contributed by atoms with van der Waals surface area (Å²) in [5, 5.41) is 5.54. The fourth-order valence-corrected chi connectivity index (χ4v) is 4.90. The van der Waals surface area contributed by atoms with Crippen molar-refractivity contribution >= 4 is 23.2 Å². The predicted molar refractivity (Wildman–Crippen MR) is 131 cm³/mol. The lowest BCUT2D eigenvalue weighted by molar-refractivity contribution is -0.136. The molecule has 0 radical (unpaired) electrons. The van der Waals surface area contributed by atoms with Crippen molar-refractivity contribution in [1.82, 2.24) is 10.2 Å². The molecule has 7 nitrogen and oxygen atoms in total. The summed E-state index contributed by atoms with van der Waals surface area (Å²) in [6.45, 7) is 3.49. The Hall–Kier alpha value is -3.06. The molecular weight excluding hydrogens is 416 g/mol. The van der Waals surface area contributed by atoms with E-state index in [1.165, 1.54) is 30.3 Å². The molecule has 1 saturated heterocycles. The maximum absolute atomic E-state index is 12.7. The van der Waals surface area contributed by atoms with E-state index in [0.717, 1.165) is 45.3 Å². The SMILES string of the molecule is COc1ccccc1NC(=O)C(=O)NCC(c1ccc2c(c1)CCCN2C)N1CCCCC1. The topological polar surface area (TPSA) is 73.9 Å². The van der Waals surface area contributed by atoms with Crippen LogP contribution < -0.4 is 20.3 Å². The maximum Gasteiger partial charge on any atom is 0.313 e. The molecule has 2 aliphatic rings. The molecule has 176 valence electrons. The Bertz CT molecular complexity index is 987. The lowest BCUT2D eigenvalue weighted by Gasteiger charge is -2.36. The summed E-state index contributed by atoms with van der Waals surface area (Å²) in [6.07, 6.45) is 5.79. The summed E-state index contributed by atoms with van der Waals surface area (Å²) in [4.78, 5) is 29.9. The minimum atomic E-state index is -0.691. The Morgan fingerprint density at radius 3 is 2.58 bits per heavy atom. The van der Waals surface area contributed by atoms with Gasteiger partial charge in [0, 0.05) is 25.8 Å². The van der Waals surface area contributed by atoms with Crippen molar-refractivity contribution in [1.29, 1.82) is 0 Å². The summed E-state index contributed by atoms with van der Waals surface area (Å²) < 4.78 is 5.26. The number of methoxy groups -OCH3 is 1. The molecule has 1 atom stereocenters. The lowest BCUT2D eigenvalue weighted by atomic mass is 9.95. The normalized spacial score (nSPS) is 17.1. The lowest BCUT2D eigenvalue weighted by Crippen LogP contribution is -2.43. The van der Waals surface area contributed by atoms with Crippen LogP contribution in [0.5, 0.6) is 5.75 Å². The van der Waals surface area contributed by atoms with Gasteiger partial charge in [-0.3, -0.25) is 14.5 Å². The predicted octanol–water partition coefficient (Wildman–Crippen LogP) is 3.36. The Morgan fingerprint density at radius 2 is 1.79 bits per heavy atom. The first-order chi connectivity index (χ1) is 16.1. The number of benzene rings is 2. The van der Waals surface area contributed by atoms with Crippen LogP contribution in [0.1, 0.15) is 42.9 Å². The second-order valence-electron chi connectivity index (χ2n) is 8.89. The smallest absolute Gasteiger partial charge is 0.313 e. The second-order valence-corrected chi connectivity index (χ2v) is 8.89. The molecule has 0 bridgehead atoms. The molecule has 2 amide bonds. The molecular formula is C26H34N4O3. The van der Waals surface area contributed by atoms with Crippen molar-refractivity contribution < 1.29 is 14.3 Å². The minimum Gasteiger partial charge on any atom is -0.495 e. The molecule has 1 fully saturated rings. The zero-order valence-electron chi connectivity index (χ0n) is 19.6. The van der Waals surface area contributed by atoms with Crippen molar-refractivity contribution in [2.75, 3.05) is 50.6 Å². The van der Waals surface area contributed by atoms with E-state index >= 15 is 0 Å². The van der Waals surface area contributed by atoms with Crippen LogP contribution in [0, 0.1) is 0 Å². The van der Waals surface area contributed by atoms with Crippen LogP contribution in [0.15, 0.2) is 42.5 Å². The Balaban J connectivity index is 1.47. The zero-order chi connectivity index (χ0) is 23.2. The van der Waals surface area contributed by atoms with Gasteiger partial charge in [-0.1, -0.05) is 30.7 Å². The number of carbonyl (C=O) groups excluding carboxylic acids is 2. The molecule has 2 N–H and O–H groups in total. The largest absolute Gasteiger partial charge is 0.495 e. The van der Waals surface area contributed by atoms with Gasteiger partial charge in [-0.25, -0.2) is 0 Å². The Kier molecular flexibility index (Phi) is 7.50. The van der Waals surface area contributed by atoms with Crippen LogP contribution in [0.2, 0.25) is 0 Å². The Labute approximate surface area is 196 Å². The number of fused-ring (bicyclic) bond motifs is 1. The van der Waals surface area contributed by atoms with Crippen LogP contribution >= 0.6 is 0 Å². The van der Waals surface area contributed by atoms with E-state index in [2.05, 4.69) is 45.7 Å². The first kappa shape index (κ1) is 23.1. The summed E-state index contributed by atoms with van der Waals surface area (Å²) in [7, 11) is 3.67. The number of aryl methyl sites for hydroxylation is 1. The van der Waals surface area contributed by atoms with Gasteiger partial charge >= 0.3 is 11.8 Å². The molecule has 1 unspecified atom stereocenters. The van der Waals surface area contributed by atoms with Crippen molar-refractivity contribution in [3.8, 4) is 5.75 Å². The van der Waals surface area contributed by atoms with Gasteiger partial charge in [0.15, 0.2) is 0 Å². The van der Waals surface area contributed by atoms with Crippen molar-refractivity contribution in [3.63, 3.8) is 0 Å². The number of para-hydroxylation sites is 2. The number of rotatable bonds is 6. The van der Waals surface area contributed by atoms with Gasteiger partial charge in [0.1, 0.15) is 5.75 Å². The van der Waals surface area contributed by atoms with E-state index in [9.17, 15) is 9.59 Å². The first-order valence-electron chi connectivity index (χ1n) is 11.9. The highest BCUT2D eigenvalue weighted by Gasteiger charge is 2.26. The van der Waals surface area contributed by atoms with Gasteiger partial charge < -0.3 is 20.3 Å². The number of likely N-dealkylation sites (tertiary alicyclic amines) is 1. The molecule has 33 heavy (non-hydrogen) atoms. The molecule has 2 aliphatic heterocycles. The third-order valence-corrected chi connectivity index (χ3v) is 6.69. The third kappa shape index (κ3) is 5.47. The van der Waals surface area contributed by atoms with Gasteiger partial charge in [-0.15, -0.1) is 0 Å². The van der Waals surface area contributed by atoms with Crippen molar-refractivity contribution in [2.24, 2.45) is 0 Å². The maximum atomic E-state index is 12.7. The highest BCUT2D eigenvalue weighted by Crippen LogP contribution is 2.31. The third-order valence-electron chi connectivity index (χ3n) is 6.69. The second kappa shape index (κ2) is 10.7. The molecule has 0 aliphatic carbocycles. The highest BCUT2D eigenvalue weighted by atomic mass is 16.5. The molecule has 7 heteroatoms. The number of amides is 2. The van der Waals surface area contributed by atoms with E-state index in [1.807, 2.05) is 6.07 Å². The summed E-state index contributed by atoms with van der Waals surface area (Å²) in [5.74, 6) is -0.812. The van der Waals surface area contributed by atoms with Crippen LogP contribution in [0.3, 0.4) is 0 Å². The Morgan fingerprint density at radius 1 is 1.00 bits per heavy atom. The van der Waals surface area contributed by atoms with Crippen molar-refractivity contribution in [3.05, 3.63) is 53.6 Å². The average molecular weight is 451 g/mol. The van der Waals surface area contributed by atoms with E-state index in [1.54, 1.807) is 18.2 Å². The van der Waals surface area contributed by atoms with E-state index in [4.69, 9.17) is 4.74 Å². The summed E-state index contributed by atoms with van der Waals surface area (Å²) >= 11 is 0. The number of piperidine rings is 1. The molecule has 0 aromatic heterocycles. The molecule has 4 rings (SSSR count). The molecule has 0 spiro atoms. The number of carbonyl (C=O) groups is 2. The van der Waals surface area contributed by atoms with Crippen LogP contribution in [0.4, 0.5) is 11.4 Å². The van der Waals surface area contributed by atoms with E-state index in [0.29, 0.717) is 18.0 Å². The van der Waals surface area contributed by atoms with Crippen LogP contribution in [0.25, 0.3) is 0 Å². The highest BCUT2D eigenvalue weighted by molar-refractivity contribution is 6.39.